The molecule has 6 heteroatoms. The van der Waals surface area contributed by atoms with Crippen LogP contribution in [0.25, 0.3) is 21.0 Å². The maximum absolute atomic E-state index is 13.5. The van der Waals surface area contributed by atoms with Gasteiger partial charge in [-0.2, -0.15) is 0 Å². The standard InChI is InChI=1S/C23H19ClN2O2S/c24-19-8-3-9-20-21(19)25-23(29-20)26(14-18-7-4-12-28-18)22(27)17-11-10-15-5-1-2-6-16(15)13-17/h1-3,5-6,8-11,13,18H,4,7,12,14H2. The zero-order valence-electron chi connectivity index (χ0n) is 15.7. The highest BCUT2D eigenvalue weighted by atomic mass is 35.5. The molecule has 1 amide bonds. The van der Waals surface area contributed by atoms with Crippen molar-refractivity contribution in [3.8, 4) is 0 Å². The van der Waals surface area contributed by atoms with E-state index in [1.165, 1.54) is 11.3 Å². The summed E-state index contributed by atoms with van der Waals surface area (Å²) in [5.41, 5.74) is 1.38. The van der Waals surface area contributed by atoms with Crippen molar-refractivity contribution in [2.45, 2.75) is 18.9 Å². The fraction of sp³-hybridized carbons (Fsp3) is 0.217. The van der Waals surface area contributed by atoms with E-state index in [-0.39, 0.29) is 12.0 Å². The number of para-hydroxylation sites is 1. The van der Waals surface area contributed by atoms with Crippen LogP contribution in [0.3, 0.4) is 0 Å². The van der Waals surface area contributed by atoms with Gasteiger partial charge in [0.1, 0.15) is 5.52 Å². The zero-order valence-corrected chi connectivity index (χ0v) is 17.2. The minimum Gasteiger partial charge on any atom is -0.376 e. The number of carbonyl (C=O) groups excluding carboxylic acids is 1. The van der Waals surface area contributed by atoms with E-state index in [4.69, 9.17) is 21.3 Å². The van der Waals surface area contributed by atoms with Crippen LogP contribution in [-0.4, -0.2) is 30.1 Å². The topological polar surface area (TPSA) is 42.4 Å². The van der Waals surface area contributed by atoms with Gasteiger partial charge in [-0.1, -0.05) is 59.3 Å². The van der Waals surface area contributed by atoms with Crippen LogP contribution in [0.5, 0.6) is 0 Å². The molecule has 1 atom stereocenters. The predicted molar refractivity (Wildman–Crippen MR) is 119 cm³/mol. The lowest BCUT2D eigenvalue weighted by molar-refractivity contribution is 0.0917. The van der Waals surface area contributed by atoms with Gasteiger partial charge in [0.25, 0.3) is 5.91 Å². The van der Waals surface area contributed by atoms with Crippen molar-refractivity contribution >= 4 is 55.0 Å². The van der Waals surface area contributed by atoms with E-state index in [0.29, 0.717) is 22.3 Å². The number of carbonyl (C=O) groups is 1. The molecule has 2 heterocycles. The van der Waals surface area contributed by atoms with Gasteiger partial charge in [0, 0.05) is 12.2 Å². The summed E-state index contributed by atoms with van der Waals surface area (Å²) < 4.78 is 6.78. The molecule has 0 N–H and O–H groups in total. The number of amides is 1. The van der Waals surface area contributed by atoms with Crippen molar-refractivity contribution in [3.05, 3.63) is 71.2 Å². The van der Waals surface area contributed by atoms with E-state index in [9.17, 15) is 4.79 Å². The predicted octanol–water partition coefficient (Wildman–Crippen LogP) is 5.93. The molecule has 1 aromatic heterocycles. The Hall–Kier alpha value is -2.47. The highest BCUT2D eigenvalue weighted by molar-refractivity contribution is 7.22. The van der Waals surface area contributed by atoms with Crippen LogP contribution >= 0.6 is 22.9 Å². The number of nitrogens with zero attached hydrogens (tertiary/aromatic N) is 2. The summed E-state index contributed by atoms with van der Waals surface area (Å²) in [5.74, 6) is -0.0681. The first-order valence-corrected chi connectivity index (χ1v) is 10.9. The molecule has 4 nitrogen and oxygen atoms in total. The van der Waals surface area contributed by atoms with Crippen LogP contribution in [0.1, 0.15) is 23.2 Å². The van der Waals surface area contributed by atoms with E-state index >= 15 is 0 Å². The van der Waals surface area contributed by atoms with Gasteiger partial charge in [0.15, 0.2) is 5.13 Å². The van der Waals surface area contributed by atoms with Gasteiger partial charge in [-0.25, -0.2) is 4.98 Å². The van der Waals surface area contributed by atoms with Crippen molar-refractivity contribution in [3.63, 3.8) is 0 Å². The van der Waals surface area contributed by atoms with E-state index in [1.807, 2.05) is 60.7 Å². The molecule has 0 saturated carbocycles. The number of hydrogen-bond donors (Lipinski definition) is 0. The smallest absolute Gasteiger partial charge is 0.260 e. The molecular formula is C23H19ClN2O2S. The Kier molecular flexibility index (Phi) is 4.96. The molecule has 146 valence electrons. The molecule has 1 unspecified atom stereocenters. The van der Waals surface area contributed by atoms with E-state index in [2.05, 4.69) is 0 Å². The second kappa shape index (κ2) is 7.75. The summed E-state index contributed by atoms with van der Waals surface area (Å²) >= 11 is 7.81. The van der Waals surface area contributed by atoms with Crippen molar-refractivity contribution in [1.82, 2.24) is 4.98 Å². The zero-order chi connectivity index (χ0) is 19.8. The molecule has 29 heavy (non-hydrogen) atoms. The van der Waals surface area contributed by atoms with Crippen LogP contribution in [-0.2, 0) is 4.74 Å². The quantitative estimate of drug-likeness (QED) is 0.409. The second-order valence-corrected chi connectivity index (χ2v) is 8.61. The molecule has 1 aliphatic heterocycles. The first-order valence-electron chi connectivity index (χ1n) is 9.66. The van der Waals surface area contributed by atoms with Gasteiger partial charge >= 0.3 is 0 Å². The van der Waals surface area contributed by atoms with Gasteiger partial charge in [-0.05, 0) is 47.9 Å². The molecule has 1 aliphatic rings. The van der Waals surface area contributed by atoms with Gasteiger partial charge in [0.2, 0.25) is 0 Å². The lowest BCUT2D eigenvalue weighted by Crippen LogP contribution is -2.37. The summed E-state index contributed by atoms with van der Waals surface area (Å²) in [5, 5.41) is 3.41. The van der Waals surface area contributed by atoms with E-state index in [1.54, 1.807) is 4.90 Å². The van der Waals surface area contributed by atoms with Crippen LogP contribution in [0.2, 0.25) is 5.02 Å². The number of benzene rings is 3. The summed E-state index contributed by atoms with van der Waals surface area (Å²) in [6.45, 7) is 1.23. The van der Waals surface area contributed by atoms with Crippen LogP contribution in [0, 0.1) is 0 Å². The lowest BCUT2D eigenvalue weighted by atomic mass is 10.1. The average Bonchev–Trinajstić information content (AvgIpc) is 3.41. The Morgan fingerprint density at radius 2 is 2.00 bits per heavy atom. The molecule has 5 rings (SSSR count). The number of ether oxygens (including phenoxy) is 1. The first kappa shape index (κ1) is 18.6. The molecular weight excluding hydrogens is 404 g/mol. The van der Waals surface area contributed by atoms with Crippen LogP contribution in [0.4, 0.5) is 5.13 Å². The Labute approximate surface area is 177 Å². The number of aromatic nitrogens is 1. The molecule has 0 aliphatic carbocycles. The lowest BCUT2D eigenvalue weighted by Gasteiger charge is -2.23. The molecule has 0 spiro atoms. The summed E-state index contributed by atoms with van der Waals surface area (Å²) in [6, 6.07) is 19.6. The van der Waals surface area contributed by atoms with Gasteiger partial charge in [0.05, 0.1) is 22.4 Å². The van der Waals surface area contributed by atoms with Crippen molar-refractivity contribution in [1.29, 1.82) is 0 Å². The molecule has 3 aromatic carbocycles. The number of thiazole rings is 1. The monoisotopic (exact) mass is 422 g/mol. The fourth-order valence-electron chi connectivity index (χ4n) is 3.74. The summed E-state index contributed by atoms with van der Waals surface area (Å²) in [4.78, 5) is 20.0. The summed E-state index contributed by atoms with van der Waals surface area (Å²) in [6.07, 6.45) is 2.00. The largest absolute Gasteiger partial charge is 0.376 e. The Balaban J connectivity index is 1.56. The van der Waals surface area contributed by atoms with Gasteiger partial charge in [-0.3, -0.25) is 9.69 Å². The molecule has 0 bridgehead atoms. The number of hydrogen-bond acceptors (Lipinski definition) is 4. The number of fused-ring (bicyclic) bond motifs is 2. The maximum atomic E-state index is 13.5. The maximum Gasteiger partial charge on any atom is 0.260 e. The minimum absolute atomic E-state index is 0.0295. The van der Waals surface area contributed by atoms with Crippen LogP contribution in [0.15, 0.2) is 60.7 Å². The molecule has 1 fully saturated rings. The van der Waals surface area contributed by atoms with E-state index < -0.39 is 0 Å². The number of halogens is 1. The van der Waals surface area contributed by atoms with Gasteiger partial charge < -0.3 is 4.74 Å². The molecule has 0 radical (unpaired) electrons. The highest BCUT2D eigenvalue weighted by Crippen LogP contribution is 2.34. The summed E-state index contributed by atoms with van der Waals surface area (Å²) in [7, 11) is 0. The van der Waals surface area contributed by atoms with Crippen LogP contribution < -0.4 is 4.90 Å². The third kappa shape index (κ3) is 3.62. The Morgan fingerprint density at radius 1 is 1.14 bits per heavy atom. The fourth-order valence-corrected chi connectivity index (χ4v) is 5.01. The van der Waals surface area contributed by atoms with E-state index in [0.717, 1.165) is 40.4 Å². The SMILES string of the molecule is O=C(c1ccc2ccccc2c1)N(CC1CCCO1)c1nc2c(Cl)cccc2s1. The normalized spacial score (nSPS) is 16.5. The highest BCUT2D eigenvalue weighted by Gasteiger charge is 2.27. The molecule has 4 aromatic rings. The minimum atomic E-state index is -0.0681. The van der Waals surface area contributed by atoms with Crippen molar-refractivity contribution in [2.75, 3.05) is 18.1 Å². The second-order valence-electron chi connectivity index (χ2n) is 7.20. The number of rotatable bonds is 4. The Morgan fingerprint density at radius 3 is 2.79 bits per heavy atom. The average molecular weight is 423 g/mol. The first-order chi connectivity index (χ1) is 14.2. The van der Waals surface area contributed by atoms with Gasteiger partial charge in [-0.15, -0.1) is 0 Å². The third-order valence-corrected chi connectivity index (χ3v) is 6.59. The van der Waals surface area contributed by atoms with Crippen molar-refractivity contribution < 1.29 is 9.53 Å². The van der Waals surface area contributed by atoms with Crippen molar-refractivity contribution in [2.24, 2.45) is 0 Å². The number of anilines is 1. The third-order valence-electron chi connectivity index (χ3n) is 5.24. The molecule has 1 saturated heterocycles. The Bertz CT molecular complexity index is 1200.